The summed E-state index contributed by atoms with van der Waals surface area (Å²) in [6.07, 6.45) is 15.1. The lowest BCUT2D eigenvalue weighted by Gasteiger charge is -2.05. The molecule has 0 aromatic carbocycles. The Hall–Kier alpha value is -1.41. The second-order valence-electron chi connectivity index (χ2n) is 3.16. The number of rotatable bonds is 7. The zero-order valence-electron chi connectivity index (χ0n) is 14.8. The van der Waals surface area contributed by atoms with E-state index in [1.807, 2.05) is 84.3 Å². The minimum atomic E-state index is 0.731. The fourth-order valence-electron chi connectivity index (χ4n) is 0.974. The number of thioether (sulfide) groups is 1. The summed E-state index contributed by atoms with van der Waals surface area (Å²) in [7, 11) is 0. The number of hydrogen-bond donors (Lipinski definition) is 0. The second kappa shape index (κ2) is 20.9. The lowest BCUT2D eigenvalue weighted by molar-refractivity contribution is 0.323. The third kappa shape index (κ3) is 16.5. The van der Waals surface area contributed by atoms with Gasteiger partial charge >= 0.3 is 0 Å². The molecule has 0 atom stereocenters. The minimum Gasteiger partial charge on any atom is -0.462 e. The van der Waals surface area contributed by atoms with Crippen molar-refractivity contribution in [2.24, 2.45) is 0 Å². The van der Waals surface area contributed by atoms with Crippen LogP contribution in [-0.2, 0) is 4.74 Å². The van der Waals surface area contributed by atoms with E-state index < -0.39 is 0 Å². The average Bonchev–Trinajstić information content (AvgIpc) is 2.56. The molecule has 0 aliphatic carbocycles. The molecule has 0 aromatic heterocycles. The van der Waals surface area contributed by atoms with Crippen LogP contribution >= 0.6 is 11.8 Å². The first-order valence-corrected chi connectivity index (χ1v) is 8.58. The van der Waals surface area contributed by atoms with Gasteiger partial charge in [-0.2, -0.15) is 0 Å². The van der Waals surface area contributed by atoms with Crippen molar-refractivity contribution in [2.45, 2.75) is 41.5 Å². The normalized spacial score (nSPS) is 11.9. The SMILES string of the molecule is C=C/C(=C\C=C/C)O/C(C)=C/C=C(\C=C)SC.CC.CC. The van der Waals surface area contributed by atoms with E-state index in [9.17, 15) is 0 Å². The van der Waals surface area contributed by atoms with Gasteiger partial charge in [0.15, 0.2) is 0 Å². The number of allylic oxidation sites excluding steroid dienone is 8. The molecular formula is C19H32OS. The van der Waals surface area contributed by atoms with E-state index in [1.165, 1.54) is 0 Å². The standard InChI is InChI=1S/C15H20OS.2C2H6/c1-6-9-10-14(7-2)16-13(4)11-12-15(8-3)17-5;2*1-2/h6-12H,2-3H2,1,4-5H3;2*1-2H3/b9-6-,13-11+,14-10+,15-12+;;. The van der Waals surface area contributed by atoms with E-state index >= 15 is 0 Å². The van der Waals surface area contributed by atoms with Gasteiger partial charge in [-0.25, -0.2) is 0 Å². The molecule has 0 radical (unpaired) electrons. The molecule has 0 N–H and O–H groups in total. The molecular weight excluding hydrogens is 276 g/mol. The molecule has 0 aromatic rings. The molecule has 0 aliphatic heterocycles. The van der Waals surface area contributed by atoms with Gasteiger partial charge in [0.1, 0.15) is 11.5 Å². The van der Waals surface area contributed by atoms with Crippen LogP contribution in [0.4, 0.5) is 0 Å². The smallest absolute Gasteiger partial charge is 0.126 e. The highest BCUT2D eigenvalue weighted by molar-refractivity contribution is 8.02. The summed E-state index contributed by atoms with van der Waals surface area (Å²) in [5, 5.41) is 0. The first-order chi connectivity index (χ1) is 10.2. The Labute approximate surface area is 136 Å². The molecule has 0 heterocycles. The van der Waals surface area contributed by atoms with E-state index in [1.54, 1.807) is 17.8 Å². The summed E-state index contributed by atoms with van der Waals surface area (Å²) < 4.78 is 5.61. The van der Waals surface area contributed by atoms with Gasteiger partial charge in [0.2, 0.25) is 0 Å². The van der Waals surface area contributed by atoms with Crippen molar-refractivity contribution < 1.29 is 4.74 Å². The summed E-state index contributed by atoms with van der Waals surface area (Å²) in [5.41, 5.74) is 0. The van der Waals surface area contributed by atoms with E-state index in [4.69, 9.17) is 4.74 Å². The van der Waals surface area contributed by atoms with Crippen molar-refractivity contribution in [1.82, 2.24) is 0 Å². The highest BCUT2D eigenvalue weighted by Crippen LogP contribution is 2.14. The molecule has 0 unspecified atom stereocenters. The van der Waals surface area contributed by atoms with Gasteiger partial charge in [-0.05, 0) is 44.4 Å². The number of ether oxygens (including phenoxy) is 1. The Bertz CT molecular complexity index is 371. The molecule has 0 fully saturated rings. The molecule has 0 saturated carbocycles. The van der Waals surface area contributed by atoms with Crippen molar-refractivity contribution in [3.63, 3.8) is 0 Å². The van der Waals surface area contributed by atoms with E-state index in [0.29, 0.717) is 0 Å². The molecule has 0 rings (SSSR count). The van der Waals surface area contributed by atoms with Gasteiger partial charge < -0.3 is 4.74 Å². The first-order valence-electron chi connectivity index (χ1n) is 7.36. The fraction of sp³-hybridized carbons (Fsp3) is 0.368. The summed E-state index contributed by atoms with van der Waals surface area (Å²) in [6.45, 7) is 19.3. The molecule has 0 bridgehead atoms. The Kier molecular flexibility index (Phi) is 24.5. The third-order valence-electron chi connectivity index (χ3n) is 1.85. The van der Waals surface area contributed by atoms with Crippen LogP contribution in [0.3, 0.4) is 0 Å². The van der Waals surface area contributed by atoms with Crippen LogP contribution in [0, 0.1) is 0 Å². The van der Waals surface area contributed by atoms with Gasteiger partial charge in [-0.3, -0.25) is 0 Å². The lowest BCUT2D eigenvalue weighted by atomic mass is 10.3. The quantitative estimate of drug-likeness (QED) is 0.368. The molecule has 0 saturated heterocycles. The van der Waals surface area contributed by atoms with Crippen LogP contribution in [0.15, 0.2) is 72.1 Å². The molecule has 21 heavy (non-hydrogen) atoms. The van der Waals surface area contributed by atoms with E-state index in [-0.39, 0.29) is 0 Å². The monoisotopic (exact) mass is 308 g/mol. The molecule has 0 aliphatic rings. The highest BCUT2D eigenvalue weighted by Gasteiger charge is 1.93. The highest BCUT2D eigenvalue weighted by atomic mass is 32.2. The van der Waals surface area contributed by atoms with Crippen molar-refractivity contribution in [3.8, 4) is 0 Å². The Morgan fingerprint density at radius 3 is 1.90 bits per heavy atom. The van der Waals surface area contributed by atoms with Crippen molar-refractivity contribution in [3.05, 3.63) is 72.1 Å². The predicted molar refractivity (Wildman–Crippen MR) is 102 cm³/mol. The average molecular weight is 309 g/mol. The van der Waals surface area contributed by atoms with Crippen molar-refractivity contribution >= 4 is 11.8 Å². The molecule has 0 spiro atoms. The maximum atomic E-state index is 5.61. The third-order valence-corrected chi connectivity index (χ3v) is 2.63. The Morgan fingerprint density at radius 2 is 1.52 bits per heavy atom. The lowest BCUT2D eigenvalue weighted by Crippen LogP contribution is -1.86. The largest absolute Gasteiger partial charge is 0.462 e. The van der Waals surface area contributed by atoms with E-state index in [0.717, 1.165) is 16.4 Å². The number of hydrogen-bond acceptors (Lipinski definition) is 2. The second-order valence-corrected chi connectivity index (χ2v) is 4.04. The van der Waals surface area contributed by atoms with Gasteiger partial charge in [-0.15, -0.1) is 11.8 Å². The van der Waals surface area contributed by atoms with Gasteiger partial charge in [0.05, 0.1) is 0 Å². The van der Waals surface area contributed by atoms with Gasteiger partial charge in [-0.1, -0.05) is 59.1 Å². The Morgan fingerprint density at radius 1 is 0.952 bits per heavy atom. The zero-order chi connectivity index (χ0) is 17.1. The van der Waals surface area contributed by atoms with Crippen molar-refractivity contribution in [2.75, 3.05) is 6.26 Å². The van der Waals surface area contributed by atoms with Crippen LogP contribution in [0.1, 0.15) is 41.5 Å². The summed E-state index contributed by atoms with van der Waals surface area (Å²) in [5.74, 6) is 1.55. The summed E-state index contributed by atoms with van der Waals surface area (Å²) >= 11 is 1.65. The summed E-state index contributed by atoms with van der Waals surface area (Å²) in [4.78, 5) is 1.10. The topological polar surface area (TPSA) is 9.23 Å². The molecule has 120 valence electrons. The fourth-order valence-corrected chi connectivity index (χ4v) is 1.34. The van der Waals surface area contributed by atoms with E-state index in [2.05, 4.69) is 13.2 Å². The minimum absolute atomic E-state index is 0.731. The zero-order valence-corrected chi connectivity index (χ0v) is 15.6. The summed E-state index contributed by atoms with van der Waals surface area (Å²) in [6, 6.07) is 0. The van der Waals surface area contributed by atoms with Crippen LogP contribution < -0.4 is 0 Å². The van der Waals surface area contributed by atoms with Crippen LogP contribution in [0.2, 0.25) is 0 Å². The Balaban J connectivity index is -0.000000739. The maximum absolute atomic E-state index is 5.61. The van der Waals surface area contributed by atoms with Crippen LogP contribution in [-0.4, -0.2) is 6.26 Å². The van der Waals surface area contributed by atoms with Crippen LogP contribution in [0.5, 0.6) is 0 Å². The maximum Gasteiger partial charge on any atom is 0.126 e. The van der Waals surface area contributed by atoms with Crippen LogP contribution in [0.25, 0.3) is 0 Å². The molecule has 2 heteroatoms. The first kappa shape index (κ1) is 24.6. The van der Waals surface area contributed by atoms with Crippen molar-refractivity contribution in [1.29, 1.82) is 0 Å². The van der Waals surface area contributed by atoms with Gasteiger partial charge in [0, 0.05) is 4.91 Å². The molecule has 1 nitrogen and oxygen atoms in total. The molecule has 0 amide bonds. The predicted octanol–water partition coefficient (Wildman–Crippen LogP) is 7.04. The van der Waals surface area contributed by atoms with Gasteiger partial charge in [0.25, 0.3) is 0 Å².